The quantitative estimate of drug-likeness (QED) is 0.739. The van der Waals surface area contributed by atoms with Crippen LogP contribution in [0, 0.1) is 0 Å². The Labute approximate surface area is 114 Å². The van der Waals surface area contributed by atoms with Crippen LogP contribution in [0.4, 0.5) is 0 Å². The van der Waals surface area contributed by atoms with Gasteiger partial charge in [-0.2, -0.15) is 0 Å². The summed E-state index contributed by atoms with van der Waals surface area (Å²) in [5.74, 6) is 0.461. The van der Waals surface area contributed by atoms with Gasteiger partial charge in [0.1, 0.15) is 5.75 Å². The maximum absolute atomic E-state index is 12.2. The molecule has 0 radical (unpaired) electrons. The molecule has 4 heteroatoms. The number of nitrogens with two attached hydrogens (primary N) is 1. The number of carbonyl (C=O) groups excluding carboxylic acids is 1. The minimum Gasteiger partial charge on any atom is -0.508 e. The van der Waals surface area contributed by atoms with Crippen molar-refractivity contribution in [3.63, 3.8) is 0 Å². The van der Waals surface area contributed by atoms with E-state index in [1.165, 1.54) is 0 Å². The number of unbranched alkanes of at least 4 members (excludes halogenated alkanes) is 1. The molecule has 0 spiro atoms. The number of rotatable bonds is 7. The minimum absolute atomic E-state index is 0.208. The molecule has 1 amide bonds. The van der Waals surface area contributed by atoms with E-state index in [-0.39, 0.29) is 11.7 Å². The molecule has 0 atom stereocenters. The number of phenolic OH excluding ortho intramolecular Hbond substituents is 1. The first-order valence-corrected chi connectivity index (χ1v) is 6.98. The molecule has 0 unspecified atom stereocenters. The van der Waals surface area contributed by atoms with Gasteiger partial charge in [0, 0.05) is 19.0 Å². The van der Waals surface area contributed by atoms with E-state index in [0.717, 1.165) is 31.2 Å². The first kappa shape index (κ1) is 13.9. The van der Waals surface area contributed by atoms with Crippen LogP contribution in [0.25, 0.3) is 0 Å². The average Bonchev–Trinajstić information content (AvgIpc) is 3.20. The summed E-state index contributed by atoms with van der Waals surface area (Å²) in [4.78, 5) is 14.2. The lowest BCUT2D eigenvalue weighted by Gasteiger charge is -2.22. The van der Waals surface area contributed by atoms with Crippen molar-refractivity contribution >= 4 is 5.91 Å². The molecular weight excluding hydrogens is 240 g/mol. The van der Waals surface area contributed by atoms with Crippen LogP contribution in [0.2, 0.25) is 0 Å². The van der Waals surface area contributed by atoms with Crippen molar-refractivity contribution in [2.75, 3.05) is 6.54 Å². The number of phenols is 1. The fourth-order valence-corrected chi connectivity index (χ4v) is 2.22. The lowest BCUT2D eigenvalue weighted by Crippen LogP contribution is -2.32. The Morgan fingerprint density at radius 3 is 2.79 bits per heavy atom. The van der Waals surface area contributed by atoms with Gasteiger partial charge in [-0.05, 0) is 49.9 Å². The summed E-state index contributed by atoms with van der Waals surface area (Å²) >= 11 is 0. The molecule has 19 heavy (non-hydrogen) atoms. The van der Waals surface area contributed by atoms with Gasteiger partial charge >= 0.3 is 0 Å². The van der Waals surface area contributed by atoms with E-state index in [2.05, 4.69) is 0 Å². The van der Waals surface area contributed by atoms with E-state index in [9.17, 15) is 9.90 Å². The Morgan fingerprint density at radius 2 is 2.16 bits per heavy atom. The van der Waals surface area contributed by atoms with Gasteiger partial charge in [-0.1, -0.05) is 12.1 Å². The van der Waals surface area contributed by atoms with Gasteiger partial charge in [0.25, 0.3) is 0 Å². The number of amides is 1. The van der Waals surface area contributed by atoms with Crippen LogP contribution in [-0.4, -0.2) is 28.5 Å². The number of hydrogen-bond acceptors (Lipinski definition) is 3. The van der Waals surface area contributed by atoms with Crippen molar-refractivity contribution in [3.05, 3.63) is 29.8 Å². The molecule has 0 saturated heterocycles. The van der Waals surface area contributed by atoms with Crippen LogP contribution < -0.4 is 5.73 Å². The molecule has 104 valence electrons. The first-order valence-electron chi connectivity index (χ1n) is 6.98. The Bertz CT molecular complexity index is 430. The monoisotopic (exact) mass is 262 g/mol. The van der Waals surface area contributed by atoms with Gasteiger partial charge in [-0.15, -0.1) is 0 Å². The third kappa shape index (κ3) is 4.24. The third-order valence-corrected chi connectivity index (χ3v) is 3.42. The van der Waals surface area contributed by atoms with Gasteiger partial charge in [0.15, 0.2) is 0 Å². The van der Waals surface area contributed by atoms with Crippen molar-refractivity contribution in [2.45, 2.75) is 44.7 Å². The molecule has 0 aliphatic heterocycles. The average molecular weight is 262 g/mol. The summed E-state index contributed by atoms with van der Waals surface area (Å²) in [5, 5.41) is 9.47. The molecule has 3 N–H and O–H groups in total. The van der Waals surface area contributed by atoms with E-state index < -0.39 is 0 Å². The van der Waals surface area contributed by atoms with Gasteiger partial charge in [0.05, 0.1) is 0 Å². The number of carbonyl (C=O) groups is 1. The summed E-state index contributed by atoms with van der Waals surface area (Å²) in [5.41, 5.74) is 6.44. The van der Waals surface area contributed by atoms with Crippen LogP contribution in [0.15, 0.2) is 24.3 Å². The summed E-state index contributed by atoms with van der Waals surface area (Å²) in [6, 6.07) is 7.53. The predicted molar refractivity (Wildman–Crippen MR) is 74.6 cm³/mol. The van der Waals surface area contributed by atoms with Crippen molar-refractivity contribution in [2.24, 2.45) is 5.73 Å². The smallest absolute Gasteiger partial charge is 0.223 e. The lowest BCUT2D eigenvalue weighted by molar-refractivity contribution is -0.132. The zero-order chi connectivity index (χ0) is 13.7. The molecule has 1 fully saturated rings. The maximum atomic E-state index is 12.2. The van der Waals surface area contributed by atoms with Gasteiger partial charge in [-0.3, -0.25) is 4.79 Å². The summed E-state index contributed by atoms with van der Waals surface area (Å²) in [7, 11) is 0. The molecule has 4 nitrogen and oxygen atoms in total. The lowest BCUT2D eigenvalue weighted by atomic mass is 10.1. The molecule has 1 saturated carbocycles. The maximum Gasteiger partial charge on any atom is 0.223 e. The molecular formula is C15H22N2O2. The Morgan fingerprint density at radius 1 is 1.37 bits per heavy atom. The largest absolute Gasteiger partial charge is 0.508 e. The second-order valence-electron chi connectivity index (χ2n) is 5.17. The van der Waals surface area contributed by atoms with Gasteiger partial charge in [0.2, 0.25) is 5.91 Å². The van der Waals surface area contributed by atoms with E-state index in [1.807, 2.05) is 17.0 Å². The van der Waals surface area contributed by atoms with Crippen LogP contribution in [0.3, 0.4) is 0 Å². The highest BCUT2D eigenvalue weighted by atomic mass is 16.3. The van der Waals surface area contributed by atoms with Crippen LogP contribution >= 0.6 is 0 Å². The molecule has 1 aromatic carbocycles. The van der Waals surface area contributed by atoms with Crippen molar-refractivity contribution in [1.82, 2.24) is 4.90 Å². The molecule has 1 aromatic rings. The van der Waals surface area contributed by atoms with Crippen LogP contribution in [0.1, 0.15) is 37.7 Å². The second-order valence-corrected chi connectivity index (χ2v) is 5.17. The Kier molecular flexibility index (Phi) is 4.80. The van der Waals surface area contributed by atoms with Crippen molar-refractivity contribution < 1.29 is 9.90 Å². The topological polar surface area (TPSA) is 66.6 Å². The summed E-state index contributed by atoms with van der Waals surface area (Å²) < 4.78 is 0. The van der Waals surface area contributed by atoms with Crippen LogP contribution in [0.5, 0.6) is 5.75 Å². The SMILES string of the molecule is NCCCCC(=O)N(Cc1cccc(O)c1)C1CC1. The first-order chi connectivity index (χ1) is 9.20. The molecule has 2 rings (SSSR count). The molecule has 0 heterocycles. The van der Waals surface area contributed by atoms with Gasteiger partial charge in [-0.25, -0.2) is 0 Å². The molecule has 0 aromatic heterocycles. The standard InChI is InChI=1S/C15H22N2O2/c16-9-2-1-6-15(19)17(13-7-8-13)11-12-4-3-5-14(18)10-12/h3-5,10,13,18H,1-2,6-9,11,16H2. The highest BCUT2D eigenvalue weighted by molar-refractivity contribution is 5.76. The normalized spacial score (nSPS) is 14.4. The van der Waals surface area contributed by atoms with Crippen LogP contribution in [-0.2, 0) is 11.3 Å². The van der Waals surface area contributed by atoms with E-state index >= 15 is 0 Å². The Hall–Kier alpha value is -1.55. The fraction of sp³-hybridized carbons (Fsp3) is 0.533. The second kappa shape index (κ2) is 6.57. The number of nitrogens with zero attached hydrogens (tertiary/aromatic N) is 1. The van der Waals surface area contributed by atoms with Gasteiger partial charge < -0.3 is 15.7 Å². The zero-order valence-corrected chi connectivity index (χ0v) is 11.2. The Balaban J connectivity index is 1.94. The van der Waals surface area contributed by atoms with E-state index in [1.54, 1.807) is 12.1 Å². The minimum atomic E-state index is 0.208. The highest BCUT2D eigenvalue weighted by Crippen LogP contribution is 2.29. The number of benzene rings is 1. The summed E-state index contributed by atoms with van der Waals surface area (Å²) in [6.07, 6.45) is 4.53. The predicted octanol–water partition coefficient (Wildman–Crippen LogP) is 2.01. The van der Waals surface area contributed by atoms with E-state index in [0.29, 0.717) is 25.6 Å². The van der Waals surface area contributed by atoms with Crippen molar-refractivity contribution in [1.29, 1.82) is 0 Å². The third-order valence-electron chi connectivity index (χ3n) is 3.42. The number of aromatic hydroxyl groups is 1. The highest BCUT2D eigenvalue weighted by Gasteiger charge is 2.32. The van der Waals surface area contributed by atoms with E-state index in [4.69, 9.17) is 5.73 Å². The zero-order valence-electron chi connectivity index (χ0n) is 11.2. The summed E-state index contributed by atoms with van der Waals surface area (Å²) in [6.45, 7) is 1.24. The fourth-order valence-electron chi connectivity index (χ4n) is 2.22. The van der Waals surface area contributed by atoms with Crippen molar-refractivity contribution in [3.8, 4) is 5.75 Å². The molecule has 1 aliphatic rings. The number of hydrogen-bond donors (Lipinski definition) is 2. The molecule has 0 bridgehead atoms. The molecule has 1 aliphatic carbocycles.